The molecule has 1 aromatic carbocycles. The zero-order chi connectivity index (χ0) is 16.1. The standard InChI is InChI=1S/C19H29NOS/c1-14(2)11-12-20(17-13-15(3)9-10-18(17)22)19(21)16-7-5-4-6-8-16/h9-10,13-14,16,22H,4-8,11-12H2,1-3H3. The molecule has 3 heteroatoms. The van der Waals surface area contributed by atoms with Crippen molar-refractivity contribution in [1.29, 1.82) is 0 Å². The lowest BCUT2D eigenvalue weighted by molar-refractivity contribution is -0.123. The molecule has 0 unspecified atom stereocenters. The quantitative estimate of drug-likeness (QED) is 0.736. The number of benzene rings is 1. The third kappa shape index (κ3) is 4.52. The first kappa shape index (κ1) is 17.4. The van der Waals surface area contributed by atoms with Crippen LogP contribution in [0.15, 0.2) is 23.1 Å². The maximum absolute atomic E-state index is 13.1. The Bertz CT molecular complexity index is 506. The van der Waals surface area contributed by atoms with Crippen LogP contribution in [0.2, 0.25) is 0 Å². The van der Waals surface area contributed by atoms with Crippen LogP contribution in [0.5, 0.6) is 0 Å². The summed E-state index contributed by atoms with van der Waals surface area (Å²) < 4.78 is 0. The summed E-state index contributed by atoms with van der Waals surface area (Å²) in [6, 6.07) is 6.16. The number of anilines is 1. The Morgan fingerprint density at radius 1 is 1.27 bits per heavy atom. The van der Waals surface area contributed by atoms with Gasteiger partial charge in [-0.25, -0.2) is 0 Å². The number of aryl methyl sites for hydroxylation is 1. The van der Waals surface area contributed by atoms with Crippen LogP contribution in [0, 0.1) is 18.8 Å². The highest BCUT2D eigenvalue weighted by molar-refractivity contribution is 7.80. The monoisotopic (exact) mass is 319 g/mol. The van der Waals surface area contributed by atoms with Crippen LogP contribution in [-0.2, 0) is 4.79 Å². The number of amides is 1. The largest absolute Gasteiger partial charge is 0.311 e. The van der Waals surface area contributed by atoms with E-state index in [1.54, 1.807) is 0 Å². The van der Waals surface area contributed by atoms with Gasteiger partial charge < -0.3 is 4.90 Å². The first-order chi connectivity index (χ1) is 10.5. The van der Waals surface area contributed by atoms with Crippen molar-refractivity contribution in [2.75, 3.05) is 11.4 Å². The highest BCUT2D eigenvalue weighted by atomic mass is 32.1. The number of nitrogens with zero attached hydrogens (tertiary/aromatic N) is 1. The van der Waals surface area contributed by atoms with E-state index in [0.29, 0.717) is 11.8 Å². The molecule has 0 radical (unpaired) electrons. The molecule has 0 N–H and O–H groups in total. The number of hydrogen-bond donors (Lipinski definition) is 1. The first-order valence-corrected chi connectivity index (χ1v) is 9.04. The number of rotatable bonds is 5. The van der Waals surface area contributed by atoms with E-state index < -0.39 is 0 Å². The summed E-state index contributed by atoms with van der Waals surface area (Å²) in [6.07, 6.45) is 6.78. The van der Waals surface area contributed by atoms with Crippen molar-refractivity contribution in [3.8, 4) is 0 Å². The van der Waals surface area contributed by atoms with Gasteiger partial charge in [0.2, 0.25) is 5.91 Å². The van der Waals surface area contributed by atoms with Gasteiger partial charge in [-0.05, 0) is 49.8 Å². The summed E-state index contributed by atoms with van der Waals surface area (Å²) >= 11 is 4.59. The molecule has 0 spiro atoms. The molecule has 1 aliphatic carbocycles. The van der Waals surface area contributed by atoms with Gasteiger partial charge in [0.15, 0.2) is 0 Å². The van der Waals surface area contributed by atoms with Crippen LogP contribution >= 0.6 is 12.6 Å². The molecule has 1 aliphatic rings. The van der Waals surface area contributed by atoms with E-state index in [2.05, 4.69) is 45.5 Å². The minimum absolute atomic E-state index is 0.203. The van der Waals surface area contributed by atoms with Crippen molar-refractivity contribution in [3.63, 3.8) is 0 Å². The summed E-state index contributed by atoms with van der Waals surface area (Å²) in [5.74, 6) is 1.10. The molecule has 0 bridgehead atoms. The summed E-state index contributed by atoms with van der Waals surface area (Å²) in [7, 11) is 0. The van der Waals surface area contributed by atoms with E-state index >= 15 is 0 Å². The molecule has 0 aromatic heterocycles. The van der Waals surface area contributed by atoms with E-state index in [1.165, 1.54) is 24.8 Å². The fraction of sp³-hybridized carbons (Fsp3) is 0.632. The molecule has 0 heterocycles. The highest BCUT2D eigenvalue weighted by Gasteiger charge is 2.27. The average Bonchev–Trinajstić information content (AvgIpc) is 2.51. The third-order valence-corrected chi connectivity index (χ3v) is 4.95. The van der Waals surface area contributed by atoms with Crippen molar-refractivity contribution in [2.45, 2.75) is 64.2 Å². The van der Waals surface area contributed by atoms with Crippen molar-refractivity contribution < 1.29 is 4.79 Å². The van der Waals surface area contributed by atoms with Crippen LogP contribution in [0.25, 0.3) is 0 Å². The molecule has 1 fully saturated rings. The molecule has 0 aliphatic heterocycles. The molecule has 2 nitrogen and oxygen atoms in total. The topological polar surface area (TPSA) is 20.3 Å². The molecule has 22 heavy (non-hydrogen) atoms. The Balaban J connectivity index is 2.24. The second-order valence-corrected chi connectivity index (χ2v) is 7.48. The van der Waals surface area contributed by atoms with Gasteiger partial charge >= 0.3 is 0 Å². The Labute approximate surface area is 140 Å². The molecule has 0 atom stereocenters. The lowest BCUT2D eigenvalue weighted by Gasteiger charge is -2.31. The second kappa shape index (κ2) is 8.05. The third-order valence-electron chi connectivity index (χ3n) is 4.57. The number of hydrogen-bond acceptors (Lipinski definition) is 2. The first-order valence-electron chi connectivity index (χ1n) is 8.60. The van der Waals surface area contributed by atoms with Crippen LogP contribution in [-0.4, -0.2) is 12.5 Å². The molecular weight excluding hydrogens is 290 g/mol. The van der Waals surface area contributed by atoms with Crippen molar-refractivity contribution in [3.05, 3.63) is 23.8 Å². The zero-order valence-electron chi connectivity index (χ0n) is 14.1. The van der Waals surface area contributed by atoms with Crippen LogP contribution in [0.3, 0.4) is 0 Å². The van der Waals surface area contributed by atoms with E-state index in [4.69, 9.17) is 0 Å². The molecular formula is C19H29NOS. The highest BCUT2D eigenvalue weighted by Crippen LogP contribution is 2.31. The minimum Gasteiger partial charge on any atom is -0.311 e. The van der Waals surface area contributed by atoms with Crippen molar-refractivity contribution >= 4 is 24.2 Å². The Hall–Kier alpha value is -0.960. The second-order valence-electron chi connectivity index (χ2n) is 7.00. The zero-order valence-corrected chi connectivity index (χ0v) is 15.0. The molecule has 1 amide bonds. The fourth-order valence-electron chi connectivity index (χ4n) is 3.16. The van der Waals surface area contributed by atoms with Crippen molar-refractivity contribution in [2.24, 2.45) is 11.8 Å². The normalized spacial score (nSPS) is 16.0. The summed E-state index contributed by atoms with van der Waals surface area (Å²) in [5, 5.41) is 0. The van der Waals surface area contributed by atoms with Gasteiger partial charge in [-0.3, -0.25) is 4.79 Å². The van der Waals surface area contributed by atoms with Gasteiger partial charge in [0.1, 0.15) is 0 Å². The molecule has 0 saturated heterocycles. The lowest BCUT2D eigenvalue weighted by atomic mass is 9.88. The average molecular weight is 320 g/mol. The van der Waals surface area contributed by atoms with Crippen LogP contribution < -0.4 is 4.90 Å². The van der Waals surface area contributed by atoms with E-state index in [1.807, 2.05) is 11.0 Å². The van der Waals surface area contributed by atoms with Gasteiger partial charge in [-0.15, -0.1) is 12.6 Å². The van der Waals surface area contributed by atoms with Crippen LogP contribution in [0.4, 0.5) is 5.69 Å². The Kier molecular flexibility index (Phi) is 6.37. The summed E-state index contributed by atoms with van der Waals surface area (Å²) in [5.41, 5.74) is 2.17. The van der Waals surface area contributed by atoms with Gasteiger partial charge in [0.25, 0.3) is 0 Å². The van der Waals surface area contributed by atoms with Gasteiger partial charge in [-0.2, -0.15) is 0 Å². The van der Waals surface area contributed by atoms with Gasteiger partial charge in [-0.1, -0.05) is 39.2 Å². The smallest absolute Gasteiger partial charge is 0.230 e. The summed E-state index contributed by atoms with van der Waals surface area (Å²) in [4.78, 5) is 16.0. The van der Waals surface area contributed by atoms with E-state index in [-0.39, 0.29) is 5.92 Å². The fourth-order valence-corrected chi connectivity index (χ4v) is 3.42. The summed E-state index contributed by atoms with van der Waals surface area (Å²) in [6.45, 7) is 7.29. The molecule has 1 saturated carbocycles. The maximum Gasteiger partial charge on any atom is 0.230 e. The Morgan fingerprint density at radius 3 is 2.59 bits per heavy atom. The SMILES string of the molecule is Cc1ccc(S)c(N(CCC(C)C)C(=O)C2CCCCC2)c1. The number of carbonyl (C=O) groups is 1. The van der Waals surface area contributed by atoms with E-state index in [0.717, 1.165) is 36.4 Å². The van der Waals surface area contributed by atoms with Gasteiger partial charge in [0, 0.05) is 17.4 Å². The number of carbonyl (C=O) groups excluding carboxylic acids is 1. The molecule has 122 valence electrons. The lowest BCUT2D eigenvalue weighted by Crippen LogP contribution is -2.38. The predicted octanol–water partition coefficient (Wildman–Crippen LogP) is 5.24. The molecule has 1 aromatic rings. The maximum atomic E-state index is 13.1. The van der Waals surface area contributed by atoms with Gasteiger partial charge in [0.05, 0.1) is 5.69 Å². The van der Waals surface area contributed by atoms with Crippen LogP contribution in [0.1, 0.15) is 57.9 Å². The van der Waals surface area contributed by atoms with Crippen molar-refractivity contribution in [1.82, 2.24) is 0 Å². The predicted molar refractivity (Wildman–Crippen MR) is 96.8 cm³/mol. The molecule has 2 rings (SSSR count). The number of thiol groups is 1. The minimum atomic E-state index is 0.203. The van der Waals surface area contributed by atoms with E-state index in [9.17, 15) is 4.79 Å². The Morgan fingerprint density at radius 2 is 1.95 bits per heavy atom.